The zero-order chi connectivity index (χ0) is 14.9. The molecule has 0 fully saturated rings. The second-order valence-corrected chi connectivity index (χ2v) is 6.85. The fourth-order valence-corrected chi connectivity index (χ4v) is 3.18. The third-order valence-electron chi connectivity index (χ3n) is 2.48. The van der Waals surface area contributed by atoms with E-state index in [1.165, 1.54) is 30.0 Å². The zero-order valence-electron chi connectivity index (χ0n) is 11.0. The molecule has 0 unspecified atom stereocenters. The number of nitrogens with two attached hydrogens (primary N) is 2. The van der Waals surface area contributed by atoms with Gasteiger partial charge < -0.3 is 5.73 Å². The maximum atomic E-state index is 11.4. The van der Waals surface area contributed by atoms with Crippen LogP contribution in [0.25, 0.3) is 0 Å². The molecular weight excluding hydrogens is 296 g/mol. The Morgan fingerprint density at radius 3 is 2.25 bits per heavy atom. The Balaban J connectivity index is 2.42. The van der Waals surface area contributed by atoms with Gasteiger partial charge in [-0.05, 0) is 49.9 Å². The molecule has 0 amide bonds. The summed E-state index contributed by atoms with van der Waals surface area (Å²) >= 11 is 1.21. The summed E-state index contributed by atoms with van der Waals surface area (Å²) in [5.74, 6) is 0. The van der Waals surface area contributed by atoms with E-state index in [2.05, 4.69) is 9.97 Å². The molecule has 1 aromatic heterocycles. The lowest BCUT2D eigenvalue weighted by Crippen LogP contribution is -2.12. The Morgan fingerprint density at radius 1 is 1.10 bits per heavy atom. The molecule has 0 aliphatic rings. The van der Waals surface area contributed by atoms with Crippen LogP contribution in [0.1, 0.15) is 11.4 Å². The summed E-state index contributed by atoms with van der Waals surface area (Å²) in [6.07, 6.45) is 0. The van der Waals surface area contributed by atoms with E-state index in [4.69, 9.17) is 10.9 Å². The van der Waals surface area contributed by atoms with Gasteiger partial charge >= 0.3 is 0 Å². The molecule has 8 heteroatoms. The number of sulfonamides is 1. The summed E-state index contributed by atoms with van der Waals surface area (Å²) in [6.45, 7) is 3.73. The number of nitrogens with zero attached hydrogens (tertiary/aromatic N) is 2. The van der Waals surface area contributed by atoms with Gasteiger partial charge in [-0.1, -0.05) is 0 Å². The minimum atomic E-state index is -3.76. The van der Waals surface area contributed by atoms with E-state index in [1.54, 1.807) is 0 Å². The first-order valence-electron chi connectivity index (χ1n) is 5.68. The molecule has 0 saturated heterocycles. The molecule has 0 saturated carbocycles. The number of rotatable bonds is 3. The lowest BCUT2D eigenvalue weighted by atomic mass is 10.3. The van der Waals surface area contributed by atoms with Crippen molar-refractivity contribution in [3.63, 3.8) is 0 Å². The third-order valence-corrected chi connectivity index (χ3v) is 4.33. The van der Waals surface area contributed by atoms with Crippen molar-refractivity contribution in [2.24, 2.45) is 5.14 Å². The van der Waals surface area contributed by atoms with Crippen LogP contribution >= 0.6 is 11.8 Å². The Bertz CT molecular complexity index is 740. The van der Waals surface area contributed by atoms with Crippen LogP contribution in [0.15, 0.2) is 39.2 Å². The lowest BCUT2D eigenvalue weighted by molar-refractivity contribution is 0.597. The number of aryl methyl sites for hydroxylation is 2. The van der Waals surface area contributed by atoms with Gasteiger partial charge in [-0.3, -0.25) is 0 Å². The van der Waals surface area contributed by atoms with E-state index >= 15 is 0 Å². The van der Waals surface area contributed by atoms with Crippen LogP contribution in [0.2, 0.25) is 0 Å². The topological polar surface area (TPSA) is 112 Å². The van der Waals surface area contributed by atoms with Crippen LogP contribution in [0, 0.1) is 13.8 Å². The molecular formula is C12H14N4O2S2. The van der Waals surface area contributed by atoms with Crippen molar-refractivity contribution in [2.75, 3.05) is 5.73 Å². The van der Waals surface area contributed by atoms with Crippen molar-refractivity contribution in [3.05, 3.63) is 35.7 Å². The number of benzene rings is 1. The van der Waals surface area contributed by atoms with Crippen molar-refractivity contribution in [3.8, 4) is 0 Å². The number of anilines is 1. The second kappa shape index (κ2) is 5.39. The predicted molar refractivity (Wildman–Crippen MR) is 77.9 cm³/mol. The highest BCUT2D eigenvalue weighted by molar-refractivity contribution is 7.99. The number of hydrogen-bond acceptors (Lipinski definition) is 6. The second-order valence-electron chi connectivity index (χ2n) is 4.28. The van der Waals surface area contributed by atoms with Crippen molar-refractivity contribution < 1.29 is 8.42 Å². The van der Waals surface area contributed by atoms with Crippen LogP contribution in [-0.2, 0) is 10.0 Å². The fourth-order valence-electron chi connectivity index (χ4n) is 1.62. The largest absolute Gasteiger partial charge is 0.398 e. The summed E-state index contributed by atoms with van der Waals surface area (Å²) in [7, 11) is -3.76. The maximum Gasteiger partial charge on any atom is 0.238 e. The molecule has 106 valence electrons. The Morgan fingerprint density at radius 2 is 1.70 bits per heavy atom. The first-order valence-corrected chi connectivity index (χ1v) is 8.04. The number of hydrogen-bond donors (Lipinski definition) is 2. The van der Waals surface area contributed by atoms with Gasteiger partial charge in [-0.2, -0.15) is 0 Å². The fraction of sp³-hybridized carbons (Fsp3) is 0.167. The summed E-state index contributed by atoms with van der Waals surface area (Å²) in [5, 5.41) is 5.62. The van der Waals surface area contributed by atoms with Gasteiger partial charge in [0.1, 0.15) is 0 Å². The molecule has 4 N–H and O–H groups in total. The molecule has 2 rings (SSSR count). The molecule has 0 aliphatic carbocycles. The van der Waals surface area contributed by atoms with E-state index in [9.17, 15) is 8.42 Å². The summed E-state index contributed by atoms with van der Waals surface area (Å²) in [4.78, 5) is 9.13. The Labute approximate surface area is 121 Å². The molecule has 1 aromatic carbocycles. The van der Waals surface area contributed by atoms with Crippen molar-refractivity contribution in [1.82, 2.24) is 9.97 Å². The maximum absolute atomic E-state index is 11.4. The third kappa shape index (κ3) is 3.47. The average molecular weight is 310 g/mol. The van der Waals surface area contributed by atoms with Crippen LogP contribution in [0.3, 0.4) is 0 Å². The van der Waals surface area contributed by atoms with E-state index in [0.717, 1.165) is 11.4 Å². The highest BCUT2D eigenvalue weighted by Gasteiger charge is 2.12. The summed E-state index contributed by atoms with van der Waals surface area (Å²) in [5.41, 5.74) is 7.96. The van der Waals surface area contributed by atoms with E-state index in [1.807, 2.05) is 19.9 Å². The van der Waals surface area contributed by atoms with Crippen LogP contribution in [-0.4, -0.2) is 18.4 Å². The molecule has 1 heterocycles. The molecule has 0 aliphatic heterocycles. The summed E-state index contributed by atoms with van der Waals surface area (Å²) in [6, 6.07) is 6.16. The van der Waals surface area contributed by atoms with Crippen LogP contribution in [0.4, 0.5) is 5.69 Å². The van der Waals surface area contributed by atoms with Gasteiger partial charge in [0.2, 0.25) is 10.0 Å². The number of primary sulfonamides is 1. The minimum Gasteiger partial charge on any atom is -0.398 e. The molecule has 20 heavy (non-hydrogen) atoms. The molecule has 2 aromatic rings. The molecule has 0 radical (unpaired) electrons. The first-order chi connectivity index (χ1) is 9.25. The van der Waals surface area contributed by atoms with E-state index in [0.29, 0.717) is 15.7 Å². The van der Waals surface area contributed by atoms with Crippen molar-refractivity contribution in [1.29, 1.82) is 0 Å². The molecule has 0 spiro atoms. The number of nitrogen functional groups attached to an aromatic ring is 1. The standard InChI is InChI=1S/C12H14N4O2S2/c1-7-5-8(2)16-12(15-7)19-11-6-9(20(14,17)18)3-4-10(11)13/h3-6H,13H2,1-2H3,(H2,14,17,18). The number of aromatic nitrogens is 2. The molecule has 0 bridgehead atoms. The van der Waals surface area contributed by atoms with E-state index < -0.39 is 10.0 Å². The lowest BCUT2D eigenvalue weighted by Gasteiger charge is -2.07. The zero-order valence-corrected chi connectivity index (χ0v) is 12.6. The molecule has 6 nitrogen and oxygen atoms in total. The quantitative estimate of drug-likeness (QED) is 0.656. The van der Waals surface area contributed by atoms with Gasteiger partial charge in [0.25, 0.3) is 0 Å². The van der Waals surface area contributed by atoms with Gasteiger partial charge in [0.15, 0.2) is 5.16 Å². The summed E-state index contributed by atoms with van der Waals surface area (Å²) < 4.78 is 22.7. The normalized spacial score (nSPS) is 11.6. The SMILES string of the molecule is Cc1cc(C)nc(Sc2cc(S(N)(=O)=O)ccc2N)n1. The van der Waals surface area contributed by atoms with E-state index in [-0.39, 0.29) is 4.90 Å². The van der Waals surface area contributed by atoms with Crippen molar-refractivity contribution in [2.45, 2.75) is 28.8 Å². The van der Waals surface area contributed by atoms with Gasteiger partial charge in [-0.25, -0.2) is 23.5 Å². The average Bonchev–Trinajstić information content (AvgIpc) is 2.29. The minimum absolute atomic E-state index is 0.0126. The Hall–Kier alpha value is -1.64. The van der Waals surface area contributed by atoms with Crippen LogP contribution < -0.4 is 10.9 Å². The van der Waals surface area contributed by atoms with Gasteiger partial charge in [0.05, 0.1) is 4.90 Å². The highest BCUT2D eigenvalue weighted by atomic mass is 32.2. The highest BCUT2D eigenvalue weighted by Crippen LogP contribution is 2.31. The van der Waals surface area contributed by atoms with Gasteiger partial charge in [0, 0.05) is 22.0 Å². The predicted octanol–water partition coefficient (Wildman–Crippen LogP) is 1.47. The van der Waals surface area contributed by atoms with Gasteiger partial charge in [-0.15, -0.1) is 0 Å². The van der Waals surface area contributed by atoms with Crippen molar-refractivity contribution >= 4 is 27.5 Å². The monoisotopic (exact) mass is 310 g/mol. The first kappa shape index (κ1) is 14.8. The molecule has 0 atom stereocenters. The van der Waals surface area contributed by atoms with Crippen LogP contribution in [0.5, 0.6) is 0 Å². The Kier molecular flexibility index (Phi) is 3.98. The smallest absolute Gasteiger partial charge is 0.238 e.